The van der Waals surface area contributed by atoms with Crippen molar-refractivity contribution in [2.24, 2.45) is 0 Å². The standard InChI is InChI=1S/C18H17ClN4O2S/c1-12-5-3-4-6-16(12)20-17-9-10-18(22-21-17)23-26(24,25)14-7-8-15(19)13(2)11-14/h3-11H,1-2H3,(H,20,21)(H,22,23). The lowest BCUT2D eigenvalue weighted by Gasteiger charge is -2.10. The summed E-state index contributed by atoms with van der Waals surface area (Å²) in [5.41, 5.74) is 2.65. The van der Waals surface area contributed by atoms with E-state index in [4.69, 9.17) is 11.6 Å². The number of nitrogens with one attached hydrogen (secondary N) is 2. The Balaban J connectivity index is 1.76. The van der Waals surface area contributed by atoms with E-state index in [0.29, 0.717) is 16.4 Å². The van der Waals surface area contributed by atoms with E-state index in [1.807, 2.05) is 31.2 Å². The Hall–Kier alpha value is -2.64. The zero-order valence-corrected chi connectivity index (χ0v) is 15.8. The summed E-state index contributed by atoms with van der Waals surface area (Å²) in [5, 5.41) is 11.6. The lowest BCUT2D eigenvalue weighted by molar-refractivity contribution is 0.601. The van der Waals surface area contributed by atoms with Crippen LogP contribution >= 0.6 is 11.6 Å². The Morgan fingerprint density at radius 1 is 0.885 bits per heavy atom. The first-order valence-corrected chi connectivity index (χ1v) is 9.66. The summed E-state index contributed by atoms with van der Waals surface area (Å²) in [4.78, 5) is 0.114. The highest BCUT2D eigenvalue weighted by molar-refractivity contribution is 7.92. The summed E-state index contributed by atoms with van der Waals surface area (Å²) in [6.07, 6.45) is 0. The van der Waals surface area contributed by atoms with E-state index in [9.17, 15) is 8.42 Å². The molecular formula is C18H17ClN4O2S. The first kappa shape index (κ1) is 18.2. The van der Waals surface area contributed by atoms with Gasteiger partial charge >= 0.3 is 0 Å². The fourth-order valence-corrected chi connectivity index (χ4v) is 3.48. The van der Waals surface area contributed by atoms with Crippen LogP contribution in [-0.2, 0) is 10.0 Å². The van der Waals surface area contributed by atoms with Crippen molar-refractivity contribution in [3.8, 4) is 0 Å². The fraction of sp³-hybridized carbons (Fsp3) is 0.111. The molecule has 0 aliphatic carbocycles. The number of hydrogen-bond acceptors (Lipinski definition) is 5. The molecule has 0 atom stereocenters. The number of anilines is 3. The highest BCUT2D eigenvalue weighted by Crippen LogP contribution is 2.22. The largest absolute Gasteiger partial charge is 0.339 e. The van der Waals surface area contributed by atoms with Gasteiger partial charge in [0.2, 0.25) is 0 Å². The highest BCUT2D eigenvalue weighted by Gasteiger charge is 2.16. The van der Waals surface area contributed by atoms with Crippen LogP contribution in [0.2, 0.25) is 5.02 Å². The molecule has 134 valence electrons. The highest BCUT2D eigenvalue weighted by atomic mass is 35.5. The number of para-hydroxylation sites is 1. The van der Waals surface area contributed by atoms with Crippen LogP contribution in [-0.4, -0.2) is 18.6 Å². The van der Waals surface area contributed by atoms with Crippen LogP contribution in [0, 0.1) is 13.8 Å². The van der Waals surface area contributed by atoms with Crippen LogP contribution in [0.15, 0.2) is 59.5 Å². The van der Waals surface area contributed by atoms with Crippen molar-refractivity contribution < 1.29 is 8.42 Å². The average Bonchev–Trinajstić information content (AvgIpc) is 2.60. The molecule has 0 saturated heterocycles. The third kappa shape index (κ3) is 4.12. The van der Waals surface area contributed by atoms with Crippen molar-refractivity contribution in [2.75, 3.05) is 10.0 Å². The molecular weight excluding hydrogens is 372 g/mol. The average molecular weight is 389 g/mol. The van der Waals surface area contributed by atoms with Crippen LogP contribution in [0.4, 0.5) is 17.3 Å². The summed E-state index contributed by atoms with van der Waals surface area (Å²) in [6, 6.07) is 15.5. The second kappa shape index (κ2) is 7.31. The molecule has 26 heavy (non-hydrogen) atoms. The molecule has 0 bridgehead atoms. The van der Waals surface area contributed by atoms with E-state index < -0.39 is 10.0 Å². The van der Waals surface area contributed by atoms with E-state index in [0.717, 1.165) is 11.3 Å². The molecule has 2 N–H and O–H groups in total. The van der Waals surface area contributed by atoms with Crippen molar-refractivity contribution in [1.82, 2.24) is 10.2 Å². The second-order valence-electron chi connectivity index (χ2n) is 5.76. The first-order valence-electron chi connectivity index (χ1n) is 7.80. The predicted octanol–water partition coefficient (Wildman–Crippen LogP) is 4.29. The monoisotopic (exact) mass is 388 g/mol. The van der Waals surface area contributed by atoms with Crippen LogP contribution in [0.3, 0.4) is 0 Å². The van der Waals surface area contributed by atoms with Crippen LogP contribution < -0.4 is 10.0 Å². The van der Waals surface area contributed by atoms with Crippen LogP contribution in [0.5, 0.6) is 0 Å². The van der Waals surface area contributed by atoms with Crippen molar-refractivity contribution in [1.29, 1.82) is 0 Å². The third-order valence-corrected chi connectivity index (χ3v) is 5.53. The van der Waals surface area contributed by atoms with E-state index in [1.165, 1.54) is 12.1 Å². The predicted molar refractivity (Wildman–Crippen MR) is 103 cm³/mol. The zero-order valence-electron chi connectivity index (χ0n) is 14.2. The lowest BCUT2D eigenvalue weighted by Crippen LogP contribution is -2.14. The van der Waals surface area contributed by atoms with Crippen LogP contribution in [0.1, 0.15) is 11.1 Å². The van der Waals surface area contributed by atoms with Gasteiger partial charge in [-0.05, 0) is 61.4 Å². The number of nitrogens with zero attached hydrogens (tertiary/aromatic N) is 2. The molecule has 0 aliphatic heterocycles. The molecule has 1 aromatic heterocycles. The molecule has 6 nitrogen and oxygen atoms in total. The van der Waals surface area contributed by atoms with Gasteiger partial charge in [-0.25, -0.2) is 8.42 Å². The first-order chi connectivity index (χ1) is 12.3. The SMILES string of the molecule is Cc1cc(S(=O)(=O)Nc2ccc(Nc3ccccc3C)nn2)ccc1Cl. The van der Waals surface area contributed by atoms with Gasteiger partial charge in [-0.15, -0.1) is 10.2 Å². The van der Waals surface area contributed by atoms with Gasteiger partial charge in [0.05, 0.1) is 4.90 Å². The lowest BCUT2D eigenvalue weighted by atomic mass is 10.2. The normalized spacial score (nSPS) is 11.2. The molecule has 0 saturated carbocycles. The summed E-state index contributed by atoms with van der Waals surface area (Å²) in [5.74, 6) is 0.650. The topological polar surface area (TPSA) is 84.0 Å². The molecule has 0 fully saturated rings. The molecule has 2 aromatic carbocycles. The second-order valence-corrected chi connectivity index (χ2v) is 7.85. The Kier molecular flexibility index (Phi) is 5.11. The van der Waals surface area contributed by atoms with Crippen molar-refractivity contribution in [2.45, 2.75) is 18.7 Å². The van der Waals surface area contributed by atoms with Crippen molar-refractivity contribution >= 4 is 38.9 Å². The van der Waals surface area contributed by atoms with Gasteiger partial charge in [-0.1, -0.05) is 29.8 Å². The molecule has 0 unspecified atom stereocenters. The number of aromatic nitrogens is 2. The maximum absolute atomic E-state index is 12.4. The molecule has 0 spiro atoms. The van der Waals surface area contributed by atoms with Gasteiger partial charge in [0.25, 0.3) is 10.0 Å². The Labute approximate surface area is 157 Å². The minimum Gasteiger partial charge on any atom is -0.339 e. The van der Waals surface area contributed by atoms with Gasteiger partial charge in [0, 0.05) is 10.7 Å². The molecule has 3 aromatic rings. The smallest absolute Gasteiger partial charge is 0.263 e. The summed E-state index contributed by atoms with van der Waals surface area (Å²) >= 11 is 5.94. The minimum absolute atomic E-state index is 0.114. The fourth-order valence-electron chi connectivity index (χ4n) is 2.29. The summed E-state index contributed by atoms with van der Waals surface area (Å²) in [7, 11) is -3.76. The number of rotatable bonds is 5. The number of aryl methyl sites for hydroxylation is 2. The van der Waals surface area contributed by atoms with Gasteiger partial charge in [0.15, 0.2) is 11.6 Å². The number of benzene rings is 2. The van der Waals surface area contributed by atoms with E-state index in [2.05, 4.69) is 20.2 Å². The number of hydrogen-bond donors (Lipinski definition) is 2. The zero-order chi connectivity index (χ0) is 18.7. The molecule has 3 rings (SSSR count). The van der Waals surface area contributed by atoms with Crippen LogP contribution in [0.25, 0.3) is 0 Å². The third-order valence-electron chi connectivity index (χ3n) is 3.75. The minimum atomic E-state index is -3.76. The number of sulfonamides is 1. The van der Waals surface area contributed by atoms with E-state index >= 15 is 0 Å². The molecule has 0 aliphatic rings. The van der Waals surface area contributed by atoms with Crippen molar-refractivity contribution in [3.63, 3.8) is 0 Å². The van der Waals surface area contributed by atoms with Gasteiger partial charge in [-0.2, -0.15) is 0 Å². The Morgan fingerprint density at radius 2 is 1.58 bits per heavy atom. The molecule has 8 heteroatoms. The van der Waals surface area contributed by atoms with E-state index in [-0.39, 0.29) is 10.7 Å². The van der Waals surface area contributed by atoms with E-state index in [1.54, 1.807) is 25.1 Å². The molecule has 0 radical (unpaired) electrons. The van der Waals surface area contributed by atoms with Gasteiger partial charge in [-0.3, -0.25) is 4.72 Å². The Bertz CT molecular complexity index is 1040. The Morgan fingerprint density at radius 3 is 2.23 bits per heavy atom. The van der Waals surface area contributed by atoms with Gasteiger partial charge < -0.3 is 5.32 Å². The molecule has 0 amide bonds. The van der Waals surface area contributed by atoms with Gasteiger partial charge in [0.1, 0.15) is 0 Å². The molecule has 1 heterocycles. The summed E-state index contributed by atoms with van der Waals surface area (Å²) < 4.78 is 27.3. The summed E-state index contributed by atoms with van der Waals surface area (Å²) in [6.45, 7) is 3.72. The quantitative estimate of drug-likeness (QED) is 0.681. The van der Waals surface area contributed by atoms with Crippen molar-refractivity contribution in [3.05, 3.63) is 70.7 Å². The number of halogens is 1. The maximum Gasteiger partial charge on any atom is 0.263 e. The maximum atomic E-state index is 12.4.